The largest absolute Gasteiger partial charge is 0.484 e. The molecule has 0 aliphatic carbocycles. The molecule has 0 spiro atoms. The number of carbonyl (C=O) groups excluding carboxylic acids is 1. The molecule has 1 rings (SSSR count). The van der Waals surface area contributed by atoms with Gasteiger partial charge in [0.2, 0.25) is 0 Å². The molecule has 1 atom stereocenters. The van der Waals surface area contributed by atoms with Crippen LogP contribution in [0.2, 0.25) is 0 Å². The van der Waals surface area contributed by atoms with Gasteiger partial charge in [-0.3, -0.25) is 4.79 Å². The number of alkyl halides is 1. The van der Waals surface area contributed by atoms with Crippen LogP contribution in [0.5, 0.6) is 5.75 Å². The van der Waals surface area contributed by atoms with Gasteiger partial charge < -0.3 is 10.1 Å². The third-order valence-corrected chi connectivity index (χ3v) is 2.90. The smallest absolute Gasteiger partial charge is 0.258 e. The number of carbonyl (C=O) groups is 1. The number of nitrogens with one attached hydrogen (secondary N) is 1. The molecule has 4 heteroatoms. The predicted octanol–water partition coefficient (Wildman–Crippen LogP) is 2.84. The third-order valence-electron chi connectivity index (χ3n) is 2.68. The van der Waals surface area contributed by atoms with Crippen LogP contribution in [0.25, 0.3) is 0 Å². The molecule has 1 aromatic rings. The molecular formula is C14H20ClNO2. The van der Waals surface area contributed by atoms with E-state index in [2.05, 4.69) is 19.2 Å². The highest BCUT2D eigenvalue weighted by Crippen LogP contribution is 2.09. The van der Waals surface area contributed by atoms with Crippen LogP contribution >= 0.6 is 11.6 Å². The molecule has 0 aromatic heterocycles. The van der Waals surface area contributed by atoms with Gasteiger partial charge in [0.05, 0.1) is 0 Å². The minimum Gasteiger partial charge on any atom is -0.484 e. The van der Waals surface area contributed by atoms with Crippen molar-refractivity contribution in [2.75, 3.05) is 12.5 Å². The van der Waals surface area contributed by atoms with E-state index in [9.17, 15) is 4.79 Å². The number of hydrogen-bond acceptors (Lipinski definition) is 2. The average Bonchev–Trinajstić information content (AvgIpc) is 2.37. The summed E-state index contributed by atoms with van der Waals surface area (Å²) in [5.74, 6) is 1.50. The molecular weight excluding hydrogens is 250 g/mol. The Bertz CT molecular complexity index is 354. The van der Waals surface area contributed by atoms with Gasteiger partial charge in [-0.1, -0.05) is 32.0 Å². The van der Waals surface area contributed by atoms with Crippen molar-refractivity contribution in [1.82, 2.24) is 5.32 Å². The van der Waals surface area contributed by atoms with E-state index >= 15 is 0 Å². The zero-order valence-corrected chi connectivity index (χ0v) is 11.6. The Morgan fingerprint density at radius 1 is 1.33 bits per heavy atom. The van der Waals surface area contributed by atoms with Crippen LogP contribution in [0, 0.1) is 5.92 Å². The Kier molecular flexibility index (Phi) is 6.58. The van der Waals surface area contributed by atoms with Crippen molar-refractivity contribution in [1.29, 1.82) is 0 Å². The second-order valence-corrected chi connectivity index (χ2v) is 4.88. The normalized spacial score (nSPS) is 12.2. The van der Waals surface area contributed by atoms with E-state index in [1.165, 1.54) is 0 Å². The van der Waals surface area contributed by atoms with E-state index in [-0.39, 0.29) is 18.6 Å². The summed E-state index contributed by atoms with van der Waals surface area (Å²) in [6, 6.07) is 9.41. The number of ether oxygens (including phenoxy) is 1. The lowest BCUT2D eigenvalue weighted by atomic mass is 10.0. The van der Waals surface area contributed by atoms with E-state index in [1.807, 2.05) is 30.3 Å². The van der Waals surface area contributed by atoms with Crippen molar-refractivity contribution < 1.29 is 9.53 Å². The lowest BCUT2D eigenvalue weighted by Gasteiger charge is -2.21. The predicted molar refractivity (Wildman–Crippen MR) is 74.0 cm³/mol. The first-order valence-corrected chi connectivity index (χ1v) is 6.70. The summed E-state index contributed by atoms with van der Waals surface area (Å²) in [6.07, 6.45) is 0.774. The summed E-state index contributed by atoms with van der Waals surface area (Å²) in [5.41, 5.74) is 0. The Morgan fingerprint density at radius 2 is 2.00 bits per heavy atom. The Balaban J connectivity index is 2.36. The molecule has 1 N–H and O–H groups in total. The number of amides is 1. The van der Waals surface area contributed by atoms with Crippen molar-refractivity contribution >= 4 is 17.5 Å². The lowest BCUT2D eigenvalue weighted by molar-refractivity contribution is -0.124. The highest BCUT2D eigenvalue weighted by atomic mass is 35.5. The first kappa shape index (κ1) is 14.8. The van der Waals surface area contributed by atoms with Crippen LogP contribution in [0.4, 0.5) is 0 Å². The number of hydrogen-bond donors (Lipinski definition) is 1. The molecule has 0 aliphatic rings. The molecule has 1 unspecified atom stereocenters. The van der Waals surface area contributed by atoms with Crippen LogP contribution in [0.15, 0.2) is 30.3 Å². The zero-order valence-electron chi connectivity index (χ0n) is 10.9. The Hall–Kier alpha value is -1.22. The molecule has 0 radical (unpaired) electrons. The fourth-order valence-electron chi connectivity index (χ4n) is 1.60. The van der Waals surface area contributed by atoms with Gasteiger partial charge in [-0.05, 0) is 24.5 Å². The first-order chi connectivity index (χ1) is 8.63. The monoisotopic (exact) mass is 269 g/mol. The van der Waals surface area contributed by atoms with Gasteiger partial charge in [0.1, 0.15) is 5.75 Å². The highest BCUT2D eigenvalue weighted by molar-refractivity contribution is 6.17. The summed E-state index contributed by atoms with van der Waals surface area (Å²) in [5, 5.41) is 2.94. The molecule has 0 saturated carbocycles. The number of halogens is 1. The molecule has 0 saturated heterocycles. The molecule has 18 heavy (non-hydrogen) atoms. The minimum absolute atomic E-state index is 0.0372. The van der Waals surface area contributed by atoms with Gasteiger partial charge in [-0.25, -0.2) is 0 Å². The van der Waals surface area contributed by atoms with Gasteiger partial charge >= 0.3 is 0 Å². The zero-order chi connectivity index (χ0) is 13.4. The minimum atomic E-state index is -0.109. The van der Waals surface area contributed by atoms with Crippen molar-refractivity contribution in [3.05, 3.63) is 30.3 Å². The third kappa shape index (κ3) is 5.41. The lowest BCUT2D eigenvalue weighted by Crippen LogP contribution is -2.41. The van der Waals surface area contributed by atoms with Crippen molar-refractivity contribution in [2.45, 2.75) is 26.3 Å². The van der Waals surface area contributed by atoms with Gasteiger partial charge in [0.25, 0.3) is 5.91 Å². The molecule has 1 aromatic carbocycles. The maximum Gasteiger partial charge on any atom is 0.258 e. The van der Waals surface area contributed by atoms with Crippen molar-refractivity contribution in [3.63, 3.8) is 0 Å². The number of para-hydroxylation sites is 1. The van der Waals surface area contributed by atoms with Crippen LogP contribution in [0.3, 0.4) is 0 Å². The molecule has 0 heterocycles. The number of benzene rings is 1. The molecule has 3 nitrogen and oxygen atoms in total. The first-order valence-electron chi connectivity index (χ1n) is 6.16. The van der Waals surface area contributed by atoms with Crippen molar-refractivity contribution in [3.8, 4) is 5.75 Å². The maximum atomic E-state index is 11.7. The van der Waals surface area contributed by atoms with E-state index in [0.29, 0.717) is 17.5 Å². The summed E-state index contributed by atoms with van der Waals surface area (Å²) in [7, 11) is 0. The molecule has 0 aliphatic heterocycles. The second-order valence-electron chi connectivity index (χ2n) is 4.50. The molecule has 0 bridgehead atoms. The van der Waals surface area contributed by atoms with Gasteiger partial charge in [0, 0.05) is 11.9 Å². The SMILES string of the molecule is CC(C)C(CCCl)NC(=O)COc1ccccc1. The van der Waals surface area contributed by atoms with Crippen LogP contribution in [-0.4, -0.2) is 24.4 Å². The van der Waals surface area contributed by atoms with Crippen LogP contribution < -0.4 is 10.1 Å². The van der Waals surface area contributed by atoms with Gasteiger partial charge in [0.15, 0.2) is 6.61 Å². The van der Waals surface area contributed by atoms with E-state index in [4.69, 9.17) is 16.3 Å². The van der Waals surface area contributed by atoms with Crippen molar-refractivity contribution in [2.24, 2.45) is 5.92 Å². The molecule has 0 fully saturated rings. The van der Waals surface area contributed by atoms with Crippen LogP contribution in [-0.2, 0) is 4.79 Å². The van der Waals surface area contributed by atoms with E-state index in [0.717, 1.165) is 6.42 Å². The fourth-order valence-corrected chi connectivity index (χ4v) is 1.84. The van der Waals surface area contributed by atoms with Crippen LogP contribution in [0.1, 0.15) is 20.3 Å². The molecule has 1 amide bonds. The average molecular weight is 270 g/mol. The van der Waals surface area contributed by atoms with E-state index < -0.39 is 0 Å². The highest BCUT2D eigenvalue weighted by Gasteiger charge is 2.15. The fraction of sp³-hybridized carbons (Fsp3) is 0.500. The summed E-state index contributed by atoms with van der Waals surface area (Å²) < 4.78 is 5.38. The standard InChI is InChI=1S/C14H20ClNO2/c1-11(2)13(8-9-15)16-14(17)10-18-12-6-4-3-5-7-12/h3-7,11,13H,8-10H2,1-2H3,(H,16,17). The van der Waals surface area contributed by atoms with Gasteiger partial charge in [-0.2, -0.15) is 0 Å². The van der Waals surface area contributed by atoms with E-state index in [1.54, 1.807) is 0 Å². The Morgan fingerprint density at radius 3 is 2.56 bits per heavy atom. The topological polar surface area (TPSA) is 38.3 Å². The molecule has 100 valence electrons. The second kappa shape index (κ2) is 7.98. The summed E-state index contributed by atoms with van der Waals surface area (Å²) in [4.78, 5) is 11.7. The quantitative estimate of drug-likeness (QED) is 0.773. The van der Waals surface area contributed by atoms with Gasteiger partial charge in [-0.15, -0.1) is 11.6 Å². The summed E-state index contributed by atoms with van der Waals surface area (Å²) >= 11 is 5.71. The summed E-state index contributed by atoms with van der Waals surface area (Å²) in [6.45, 7) is 4.17. The Labute approximate surface area is 113 Å². The maximum absolute atomic E-state index is 11.7. The number of rotatable bonds is 7.